The van der Waals surface area contributed by atoms with E-state index < -0.39 is 10.4 Å². The molecule has 4 N–H and O–H groups in total. The Balaban J connectivity index is 0. The third-order valence-electron chi connectivity index (χ3n) is 0.931. The van der Waals surface area contributed by atoms with Crippen LogP contribution in [0.1, 0.15) is 0 Å². The molecule has 0 aliphatic rings. The molecule has 0 saturated carbocycles. The van der Waals surface area contributed by atoms with Crippen LogP contribution in [0.3, 0.4) is 0 Å². The van der Waals surface area contributed by atoms with Crippen LogP contribution in [0.5, 0.6) is 0 Å². The molecule has 0 amide bonds. The molecular weight excluding hydrogens is 258 g/mol. The normalized spacial score (nSPS) is 10.9. The average Bonchev–Trinajstić information content (AvgIpc) is 2.20. The molecule has 9 nitrogen and oxygen atoms in total. The summed E-state index contributed by atoms with van der Waals surface area (Å²) in [4.78, 5) is 9.82. The molecule has 0 radical (unpaired) electrons. The van der Waals surface area contributed by atoms with Crippen molar-refractivity contribution in [3.05, 3.63) is 12.7 Å². The predicted octanol–water partition coefficient (Wildman–Crippen LogP) is -1.33. The highest BCUT2D eigenvalue weighted by molar-refractivity contribution is 7.79. The fourth-order valence-corrected chi connectivity index (χ4v) is 0.533. The zero-order valence-corrected chi connectivity index (χ0v) is 9.91. The lowest BCUT2D eigenvalue weighted by atomic mass is 10.6. The molecule has 104 valence electrons. The molecule has 0 bridgehead atoms. The van der Waals surface area contributed by atoms with E-state index in [2.05, 4.69) is 6.58 Å². The Labute approximate surface area is 99.4 Å². The molecule has 10 heteroatoms. The number of hydroxylamine groups is 2. The SMILES string of the molecule is C=CCN(OCCO)OCCO.O=S(=O)(O)O. The maximum absolute atomic E-state index is 8.74. The van der Waals surface area contributed by atoms with Crippen molar-refractivity contribution in [1.29, 1.82) is 0 Å². The van der Waals surface area contributed by atoms with Crippen LogP contribution in [0.25, 0.3) is 0 Å². The van der Waals surface area contributed by atoms with Crippen LogP contribution in [0.4, 0.5) is 0 Å². The van der Waals surface area contributed by atoms with Gasteiger partial charge in [-0.15, -0.1) is 6.58 Å². The summed E-state index contributed by atoms with van der Waals surface area (Å²) < 4.78 is 31.6. The minimum atomic E-state index is -4.67. The maximum Gasteiger partial charge on any atom is 0.394 e. The van der Waals surface area contributed by atoms with Gasteiger partial charge in [-0.1, -0.05) is 11.3 Å². The fourth-order valence-electron chi connectivity index (χ4n) is 0.533. The Morgan fingerprint density at radius 1 is 1.12 bits per heavy atom. The van der Waals surface area contributed by atoms with Gasteiger partial charge < -0.3 is 10.2 Å². The average molecular weight is 275 g/mol. The summed E-state index contributed by atoms with van der Waals surface area (Å²) in [5, 5.41) is 18.0. The van der Waals surface area contributed by atoms with Crippen LogP contribution >= 0.6 is 0 Å². The molecule has 0 aliphatic heterocycles. The summed E-state index contributed by atoms with van der Waals surface area (Å²) in [5.74, 6) is 0. The van der Waals surface area contributed by atoms with E-state index in [4.69, 9.17) is 37.4 Å². The van der Waals surface area contributed by atoms with Crippen molar-refractivity contribution in [1.82, 2.24) is 5.23 Å². The first-order chi connectivity index (χ1) is 7.85. The lowest BCUT2D eigenvalue weighted by Crippen LogP contribution is -2.27. The predicted molar refractivity (Wildman–Crippen MR) is 57.2 cm³/mol. The van der Waals surface area contributed by atoms with Gasteiger partial charge in [0.15, 0.2) is 0 Å². The molecule has 0 aromatic carbocycles. The van der Waals surface area contributed by atoms with Crippen LogP contribution in [0.15, 0.2) is 12.7 Å². The summed E-state index contributed by atoms with van der Waals surface area (Å²) in [5.41, 5.74) is 0. The molecule has 0 saturated heterocycles. The smallest absolute Gasteiger partial charge is 0.394 e. The Bertz CT molecular complexity index is 251. The summed E-state index contributed by atoms with van der Waals surface area (Å²) in [6.45, 7) is 4.06. The van der Waals surface area contributed by atoms with Gasteiger partial charge in [0.05, 0.1) is 33.0 Å². The third kappa shape index (κ3) is 25.6. The van der Waals surface area contributed by atoms with Gasteiger partial charge in [-0.25, -0.2) is 0 Å². The van der Waals surface area contributed by atoms with Crippen molar-refractivity contribution in [2.75, 3.05) is 33.0 Å². The highest BCUT2D eigenvalue weighted by atomic mass is 32.3. The molecule has 0 aromatic rings. The van der Waals surface area contributed by atoms with E-state index in [0.717, 1.165) is 0 Å². The Morgan fingerprint density at radius 3 is 1.71 bits per heavy atom. The third-order valence-corrected chi connectivity index (χ3v) is 0.931. The van der Waals surface area contributed by atoms with Crippen LogP contribution in [0.2, 0.25) is 0 Å². The molecule has 17 heavy (non-hydrogen) atoms. The van der Waals surface area contributed by atoms with E-state index in [1.807, 2.05) is 0 Å². The van der Waals surface area contributed by atoms with Crippen molar-refractivity contribution in [3.8, 4) is 0 Å². The van der Waals surface area contributed by atoms with Gasteiger partial charge >= 0.3 is 10.4 Å². The number of rotatable bonds is 8. The van der Waals surface area contributed by atoms with E-state index in [-0.39, 0.29) is 26.4 Å². The standard InChI is InChI=1S/C7H15NO4.H2O4S/c1-2-3-8(11-6-4-9)12-7-5-10;1-5(2,3)4/h2,9-10H,1,3-7H2;(H2,1,2,3,4). The first-order valence-electron chi connectivity index (χ1n) is 4.41. The highest BCUT2D eigenvalue weighted by Gasteiger charge is 2.01. The van der Waals surface area contributed by atoms with E-state index >= 15 is 0 Å². The molecule has 0 fully saturated rings. The largest absolute Gasteiger partial charge is 0.394 e. The Hall–Kier alpha value is -0.590. The summed E-state index contributed by atoms with van der Waals surface area (Å²) in [6, 6.07) is 0. The van der Waals surface area contributed by atoms with Gasteiger partial charge in [0.1, 0.15) is 0 Å². The first-order valence-corrected chi connectivity index (χ1v) is 5.80. The van der Waals surface area contributed by atoms with Gasteiger partial charge in [-0.2, -0.15) is 8.42 Å². The molecule has 0 atom stereocenters. The number of nitrogens with zero attached hydrogens (tertiary/aromatic N) is 1. The molecule has 0 heterocycles. The second-order valence-corrected chi connectivity index (χ2v) is 3.26. The Kier molecular flexibility index (Phi) is 13.1. The quantitative estimate of drug-likeness (QED) is 0.241. The van der Waals surface area contributed by atoms with Gasteiger partial charge in [0, 0.05) is 0 Å². The Morgan fingerprint density at radius 2 is 1.47 bits per heavy atom. The molecule has 0 spiro atoms. The topological polar surface area (TPSA) is 137 Å². The van der Waals surface area contributed by atoms with E-state index in [0.29, 0.717) is 6.54 Å². The second kappa shape index (κ2) is 11.9. The van der Waals surface area contributed by atoms with Crippen LogP contribution in [-0.4, -0.2) is 65.9 Å². The molecule has 0 rings (SSSR count). The zero-order valence-electron chi connectivity index (χ0n) is 9.10. The summed E-state index contributed by atoms with van der Waals surface area (Å²) >= 11 is 0. The zero-order chi connectivity index (χ0) is 13.7. The first kappa shape index (κ1) is 18.8. The summed E-state index contributed by atoms with van der Waals surface area (Å²) in [6.07, 6.45) is 1.59. The van der Waals surface area contributed by atoms with Crippen LogP contribution in [0, 0.1) is 0 Å². The van der Waals surface area contributed by atoms with Gasteiger partial charge in [0.2, 0.25) is 0 Å². The van der Waals surface area contributed by atoms with E-state index in [9.17, 15) is 0 Å². The van der Waals surface area contributed by atoms with Crippen molar-refractivity contribution >= 4 is 10.4 Å². The molecule has 0 aliphatic carbocycles. The van der Waals surface area contributed by atoms with Gasteiger partial charge in [0.25, 0.3) is 0 Å². The number of aliphatic hydroxyl groups is 2. The fraction of sp³-hybridized carbons (Fsp3) is 0.714. The number of hydrogen-bond acceptors (Lipinski definition) is 7. The van der Waals surface area contributed by atoms with Crippen molar-refractivity contribution in [3.63, 3.8) is 0 Å². The lowest BCUT2D eigenvalue weighted by Gasteiger charge is -2.18. The minimum absolute atomic E-state index is 0.0733. The molecule has 0 aromatic heterocycles. The highest BCUT2D eigenvalue weighted by Crippen LogP contribution is 1.91. The van der Waals surface area contributed by atoms with Crippen molar-refractivity contribution in [2.24, 2.45) is 0 Å². The van der Waals surface area contributed by atoms with Crippen molar-refractivity contribution in [2.45, 2.75) is 0 Å². The van der Waals surface area contributed by atoms with Crippen LogP contribution in [-0.2, 0) is 20.1 Å². The van der Waals surface area contributed by atoms with Crippen molar-refractivity contribution < 1.29 is 37.4 Å². The number of aliphatic hydroxyl groups excluding tert-OH is 2. The summed E-state index contributed by atoms with van der Waals surface area (Å²) in [7, 11) is -4.67. The van der Waals surface area contributed by atoms with E-state index in [1.54, 1.807) is 6.08 Å². The van der Waals surface area contributed by atoms with Gasteiger partial charge in [-0.3, -0.25) is 18.8 Å². The second-order valence-electron chi connectivity index (χ2n) is 2.37. The monoisotopic (exact) mass is 275 g/mol. The maximum atomic E-state index is 8.74. The van der Waals surface area contributed by atoms with Crippen LogP contribution < -0.4 is 0 Å². The lowest BCUT2D eigenvalue weighted by molar-refractivity contribution is -0.365. The number of hydrogen-bond donors (Lipinski definition) is 4. The molecular formula is C7H17NO8S. The van der Waals surface area contributed by atoms with E-state index in [1.165, 1.54) is 5.23 Å². The molecule has 0 unspecified atom stereocenters. The van der Waals surface area contributed by atoms with Gasteiger partial charge in [-0.05, 0) is 0 Å². The minimum Gasteiger partial charge on any atom is -0.394 e.